The molecule has 4 heteroatoms. The standard InChI is InChI=1S/C13H7BrN2O/c14-8-5-6-11-12(7-8)17-13-15-9-3-1-2-4-10(9)16(11)13/h1-7H. The molecule has 0 fully saturated rings. The van der Waals surface area contributed by atoms with Crippen molar-refractivity contribution >= 4 is 43.9 Å². The minimum Gasteiger partial charge on any atom is -0.423 e. The molecule has 0 saturated carbocycles. The van der Waals surface area contributed by atoms with E-state index in [0.717, 1.165) is 26.6 Å². The van der Waals surface area contributed by atoms with Crippen molar-refractivity contribution in [2.24, 2.45) is 0 Å². The van der Waals surface area contributed by atoms with E-state index in [1.54, 1.807) is 0 Å². The van der Waals surface area contributed by atoms with E-state index in [1.807, 2.05) is 46.9 Å². The second-order valence-corrected chi connectivity index (χ2v) is 4.85. The van der Waals surface area contributed by atoms with E-state index in [4.69, 9.17) is 4.42 Å². The Balaban J connectivity index is 2.31. The minimum absolute atomic E-state index is 0.638. The van der Waals surface area contributed by atoms with E-state index in [0.29, 0.717) is 5.84 Å². The lowest BCUT2D eigenvalue weighted by Crippen LogP contribution is -1.79. The van der Waals surface area contributed by atoms with Crippen LogP contribution in [0.4, 0.5) is 0 Å². The first-order valence-electron chi connectivity index (χ1n) is 5.28. The molecule has 4 aromatic rings. The summed E-state index contributed by atoms with van der Waals surface area (Å²) in [5.41, 5.74) is 3.91. The Labute approximate surface area is 105 Å². The van der Waals surface area contributed by atoms with Crippen molar-refractivity contribution in [3.63, 3.8) is 0 Å². The van der Waals surface area contributed by atoms with Gasteiger partial charge in [-0.15, -0.1) is 0 Å². The van der Waals surface area contributed by atoms with Gasteiger partial charge in [0.1, 0.15) is 0 Å². The number of halogens is 1. The Hall–Kier alpha value is -1.81. The van der Waals surface area contributed by atoms with Crippen molar-refractivity contribution in [2.45, 2.75) is 0 Å². The van der Waals surface area contributed by atoms with Crippen molar-refractivity contribution in [3.8, 4) is 0 Å². The second kappa shape index (κ2) is 3.11. The molecule has 0 atom stereocenters. The molecule has 0 aliphatic carbocycles. The van der Waals surface area contributed by atoms with Crippen molar-refractivity contribution < 1.29 is 4.42 Å². The van der Waals surface area contributed by atoms with Crippen LogP contribution in [0.1, 0.15) is 0 Å². The number of hydrogen-bond donors (Lipinski definition) is 0. The molecular formula is C13H7BrN2O. The van der Waals surface area contributed by atoms with Gasteiger partial charge in [0, 0.05) is 4.47 Å². The minimum atomic E-state index is 0.638. The van der Waals surface area contributed by atoms with Crippen LogP contribution in [0.2, 0.25) is 0 Å². The molecule has 0 aliphatic rings. The molecule has 3 nitrogen and oxygen atoms in total. The van der Waals surface area contributed by atoms with Crippen molar-refractivity contribution in [2.75, 3.05) is 0 Å². The topological polar surface area (TPSA) is 30.4 Å². The van der Waals surface area contributed by atoms with Crippen LogP contribution in [-0.2, 0) is 0 Å². The van der Waals surface area contributed by atoms with Crippen LogP contribution in [0.25, 0.3) is 28.0 Å². The van der Waals surface area contributed by atoms with E-state index in [-0.39, 0.29) is 0 Å². The molecule has 0 amide bonds. The van der Waals surface area contributed by atoms with Gasteiger partial charge in [0.2, 0.25) is 0 Å². The quantitative estimate of drug-likeness (QED) is 0.489. The lowest BCUT2D eigenvalue weighted by molar-refractivity contribution is 0.643. The molecule has 82 valence electrons. The zero-order valence-electron chi connectivity index (χ0n) is 8.72. The fourth-order valence-electron chi connectivity index (χ4n) is 2.16. The number of imidazole rings is 1. The van der Waals surface area contributed by atoms with E-state index in [1.165, 1.54) is 0 Å². The molecule has 4 rings (SSSR count). The maximum atomic E-state index is 5.74. The smallest absolute Gasteiger partial charge is 0.307 e. The summed E-state index contributed by atoms with van der Waals surface area (Å²) in [7, 11) is 0. The first-order chi connectivity index (χ1) is 8.33. The molecule has 2 aromatic heterocycles. The number of benzene rings is 2. The molecule has 0 saturated heterocycles. The van der Waals surface area contributed by atoms with Crippen LogP contribution in [-0.4, -0.2) is 9.38 Å². The third-order valence-electron chi connectivity index (χ3n) is 2.89. The van der Waals surface area contributed by atoms with Crippen LogP contribution in [0.5, 0.6) is 0 Å². The van der Waals surface area contributed by atoms with Gasteiger partial charge >= 0.3 is 5.84 Å². The van der Waals surface area contributed by atoms with Gasteiger partial charge in [0.25, 0.3) is 0 Å². The van der Waals surface area contributed by atoms with Crippen molar-refractivity contribution in [1.29, 1.82) is 0 Å². The maximum Gasteiger partial charge on any atom is 0.307 e. The summed E-state index contributed by atoms with van der Waals surface area (Å²) in [5, 5.41) is 0. The molecule has 0 spiro atoms. The molecule has 2 aromatic carbocycles. The van der Waals surface area contributed by atoms with Gasteiger partial charge in [0.15, 0.2) is 5.58 Å². The van der Waals surface area contributed by atoms with Crippen LogP contribution in [0, 0.1) is 0 Å². The van der Waals surface area contributed by atoms with Gasteiger partial charge in [-0.1, -0.05) is 28.1 Å². The zero-order chi connectivity index (χ0) is 11.4. The Kier molecular flexibility index (Phi) is 1.69. The molecule has 2 heterocycles. The Morgan fingerprint density at radius 3 is 2.88 bits per heavy atom. The highest BCUT2D eigenvalue weighted by Gasteiger charge is 2.11. The van der Waals surface area contributed by atoms with Gasteiger partial charge in [-0.2, -0.15) is 4.98 Å². The average molecular weight is 287 g/mol. The molecule has 0 unspecified atom stereocenters. The number of fused-ring (bicyclic) bond motifs is 5. The number of nitrogens with zero attached hydrogens (tertiary/aromatic N) is 2. The SMILES string of the molecule is Brc1ccc2c(c1)oc1nc3ccccc3n12. The summed E-state index contributed by atoms with van der Waals surface area (Å²) in [5.74, 6) is 0.638. The van der Waals surface area contributed by atoms with Gasteiger partial charge < -0.3 is 4.42 Å². The monoisotopic (exact) mass is 286 g/mol. The number of para-hydroxylation sites is 2. The number of hydrogen-bond acceptors (Lipinski definition) is 2. The number of aromatic nitrogens is 2. The van der Waals surface area contributed by atoms with Gasteiger partial charge in [-0.3, -0.25) is 4.40 Å². The first kappa shape index (κ1) is 9.24. The Bertz CT molecular complexity index is 860. The molecule has 0 bridgehead atoms. The van der Waals surface area contributed by atoms with Crippen LogP contribution < -0.4 is 0 Å². The summed E-state index contributed by atoms with van der Waals surface area (Å²) < 4.78 is 8.78. The van der Waals surface area contributed by atoms with E-state index in [9.17, 15) is 0 Å². The van der Waals surface area contributed by atoms with E-state index >= 15 is 0 Å². The molecule has 17 heavy (non-hydrogen) atoms. The first-order valence-corrected chi connectivity index (χ1v) is 6.07. The maximum absolute atomic E-state index is 5.74. The van der Waals surface area contributed by atoms with Crippen LogP contribution in [0.3, 0.4) is 0 Å². The average Bonchev–Trinajstić information content (AvgIpc) is 2.83. The van der Waals surface area contributed by atoms with Crippen molar-refractivity contribution in [3.05, 3.63) is 46.9 Å². The highest BCUT2D eigenvalue weighted by molar-refractivity contribution is 9.10. The second-order valence-electron chi connectivity index (χ2n) is 3.93. The highest BCUT2D eigenvalue weighted by Crippen LogP contribution is 2.27. The summed E-state index contributed by atoms with van der Waals surface area (Å²) in [6.07, 6.45) is 0. The van der Waals surface area contributed by atoms with Gasteiger partial charge in [0.05, 0.1) is 16.6 Å². The molecular weight excluding hydrogens is 280 g/mol. The zero-order valence-corrected chi connectivity index (χ0v) is 10.3. The molecule has 0 N–H and O–H groups in total. The van der Waals surface area contributed by atoms with Crippen LogP contribution in [0.15, 0.2) is 51.4 Å². The summed E-state index contributed by atoms with van der Waals surface area (Å²) >= 11 is 3.44. The van der Waals surface area contributed by atoms with E-state index < -0.39 is 0 Å². The number of rotatable bonds is 0. The Morgan fingerprint density at radius 2 is 1.94 bits per heavy atom. The van der Waals surface area contributed by atoms with Gasteiger partial charge in [-0.05, 0) is 30.3 Å². The van der Waals surface area contributed by atoms with Crippen LogP contribution >= 0.6 is 15.9 Å². The van der Waals surface area contributed by atoms with Gasteiger partial charge in [-0.25, -0.2) is 0 Å². The third kappa shape index (κ3) is 1.18. The fourth-order valence-corrected chi connectivity index (χ4v) is 2.50. The lowest BCUT2D eigenvalue weighted by Gasteiger charge is -1.92. The van der Waals surface area contributed by atoms with E-state index in [2.05, 4.69) is 20.9 Å². The molecule has 0 aliphatic heterocycles. The predicted molar refractivity (Wildman–Crippen MR) is 70.2 cm³/mol. The third-order valence-corrected chi connectivity index (χ3v) is 3.39. The predicted octanol–water partition coefficient (Wildman–Crippen LogP) is 4.00. The summed E-state index contributed by atoms with van der Waals surface area (Å²) in [6, 6.07) is 14.0. The molecule has 0 radical (unpaired) electrons. The normalized spacial score (nSPS) is 11.8. The highest BCUT2D eigenvalue weighted by atomic mass is 79.9. The summed E-state index contributed by atoms with van der Waals surface area (Å²) in [6.45, 7) is 0. The summed E-state index contributed by atoms with van der Waals surface area (Å²) in [4.78, 5) is 4.46. The largest absolute Gasteiger partial charge is 0.423 e. The fraction of sp³-hybridized carbons (Fsp3) is 0. The Morgan fingerprint density at radius 1 is 1.06 bits per heavy atom. The lowest BCUT2D eigenvalue weighted by atomic mass is 10.3. The van der Waals surface area contributed by atoms with Crippen molar-refractivity contribution in [1.82, 2.24) is 9.38 Å². The number of oxazole rings is 1.